The number of benzene rings is 1. The Bertz CT molecular complexity index is 722. The Hall–Kier alpha value is -1.23. The van der Waals surface area contributed by atoms with Gasteiger partial charge in [0.25, 0.3) is 0 Å². The summed E-state index contributed by atoms with van der Waals surface area (Å²) >= 11 is 13.1. The van der Waals surface area contributed by atoms with Crippen LogP contribution in [-0.2, 0) is 0 Å². The Labute approximate surface area is 116 Å². The Morgan fingerprint density at radius 2 is 2.06 bits per heavy atom. The number of hydrogen-bond acceptors (Lipinski definition) is 3. The van der Waals surface area contributed by atoms with Gasteiger partial charge in [0.1, 0.15) is 16.0 Å². The van der Waals surface area contributed by atoms with Crippen LogP contribution in [0.5, 0.6) is 0 Å². The molecule has 1 aromatic carbocycles. The fraction of sp³-hybridized carbons (Fsp3) is 0. The average Bonchev–Trinajstić information content (AvgIpc) is 2.71. The molecule has 0 aliphatic carbocycles. The van der Waals surface area contributed by atoms with Crippen LogP contribution < -0.4 is 0 Å². The minimum absolute atomic E-state index is 0.316. The third kappa shape index (κ3) is 1.96. The van der Waals surface area contributed by atoms with E-state index < -0.39 is 0 Å². The first kappa shape index (κ1) is 11.8. The molecule has 0 atom stereocenters. The van der Waals surface area contributed by atoms with Crippen LogP contribution >= 0.6 is 34.5 Å². The summed E-state index contributed by atoms with van der Waals surface area (Å²) in [4.78, 5) is 8.30. The SMILES string of the molecule is Fc1cccc(Cl)c1-c1nc2cc(Cl)ncc2s1. The first-order valence-corrected chi connectivity index (χ1v) is 6.59. The third-order valence-corrected chi connectivity index (χ3v) is 3.96. The number of fused-ring (bicyclic) bond motifs is 1. The predicted octanol–water partition coefficient (Wildman–Crippen LogP) is 4.80. The summed E-state index contributed by atoms with van der Waals surface area (Å²) in [6.45, 7) is 0. The molecule has 6 heteroatoms. The number of pyridine rings is 1. The zero-order valence-corrected chi connectivity index (χ0v) is 11.2. The molecule has 0 N–H and O–H groups in total. The minimum Gasteiger partial charge on any atom is -0.243 e. The van der Waals surface area contributed by atoms with Gasteiger partial charge >= 0.3 is 0 Å². The topological polar surface area (TPSA) is 25.8 Å². The van der Waals surface area contributed by atoms with Crippen molar-refractivity contribution in [2.24, 2.45) is 0 Å². The van der Waals surface area contributed by atoms with Gasteiger partial charge in [0.15, 0.2) is 0 Å². The van der Waals surface area contributed by atoms with Crippen molar-refractivity contribution < 1.29 is 4.39 Å². The molecule has 2 aromatic heterocycles. The molecular weight excluding hydrogens is 294 g/mol. The highest BCUT2D eigenvalue weighted by atomic mass is 35.5. The van der Waals surface area contributed by atoms with E-state index in [4.69, 9.17) is 23.2 Å². The lowest BCUT2D eigenvalue weighted by molar-refractivity contribution is 0.631. The Kier molecular flexibility index (Phi) is 2.93. The Balaban J connectivity index is 2.26. The highest BCUT2D eigenvalue weighted by Gasteiger charge is 2.14. The second-order valence-electron chi connectivity index (χ2n) is 3.59. The zero-order valence-electron chi connectivity index (χ0n) is 8.82. The van der Waals surface area contributed by atoms with Crippen LogP contribution in [0, 0.1) is 5.82 Å². The second kappa shape index (κ2) is 4.46. The molecule has 0 amide bonds. The summed E-state index contributed by atoms with van der Waals surface area (Å²) in [6.07, 6.45) is 1.62. The largest absolute Gasteiger partial charge is 0.243 e. The highest BCUT2D eigenvalue weighted by molar-refractivity contribution is 7.21. The number of thiazole rings is 1. The van der Waals surface area contributed by atoms with Gasteiger partial charge in [0.05, 0.1) is 20.8 Å². The van der Waals surface area contributed by atoms with Gasteiger partial charge in [-0.2, -0.15) is 0 Å². The lowest BCUT2D eigenvalue weighted by Gasteiger charge is -2.00. The highest BCUT2D eigenvalue weighted by Crippen LogP contribution is 2.36. The quantitative estimate of drug-likeness (QED) is 0.603. The van der Waals surface area contributed by atoms with Crippen molar-refractivity contribution in [2.75, 3.05) is 0 Å². The van der Waals surface area contributed by atoms with Gasteiger partial charge < -0.3 is 0 Å². The molecular formula is C12H5Cl2FN2S. The zero-order chi connectivity index (χ0) is 12.7. The van der Waals surface area contributed by atoms with E-state index in [0.29, 0.717) is 26.3 Å². The van der Waals surface area contributed by atoms with E-state index in [1.165, 1.54) is 17.4 Å². The lowest BCUT2D eigenvalue weighted by atomic mass is 10.2. The molecule has 0 aliphatic heterocycles. The van der Waals surface area contributed by atoms with E-state index in [1.54, 1.807) is 24.4 Å². The van der Waals surface area contributed by atoms with Crippen LogP contribution in [0.2, 0.25) is 10.2 Å². The molecule has 0 saturated heterocycles. The monoisotopic (exact) mass is 298 g/mol. The van der Waals surface area contributed by atoms with Gasteiger partial charge in [-0.25, -0.2) is 14.4 Å². The predicted molar refractivity (Wildman–Crippen MR) is 72.8 cm³/mol. The second-order valence-corrected chi connectivity index (χ2v) is 5.42. The van der Waals surface area contributed by atoms with E-state index in [9.17, 15) is 4.39 Å². The molecule has 3 rings (SSSR count). The van der Waals surface area contributed by atoms with Crippen molar-refractivity contribution >= 4 is 44.8 Å². The lowest BCUT2D eigenvalue weighted by Crippen LogP contribution is -1.84. The molecule has 3 aromatic rings. The van der Waals surface area contributed by atoms with Crippen LogP contribution in [-0.4, -0.2) is 9.97 Å². The minimum atomic E-state index is -0.388. The molecule has 2 heterocycles. The molecule has 0 fully saturated rings. The molecule has 90 valence electrons. The summed E-state index contributed by atoms with van der Waals surface area (Å²) in [6, 6.07) is 6.20. The number of halogens is 3. The standard InChI is InChI=1S/C12H5Cl2FN2S/c13-6-2-1-3-7(15)11(6)12-17-8-4-10(14)16-5-9(8)18-12/h1-5H. The summed E-state index contributed by atoms with van der Waals surface area (Å²) < 4.78 is 14.6. The van der Waals surface area contributed by atoms with Crippen LogP contribution in [0.25, 0.3) is 20.8 Å². The van der Waals surface area contributed by atoms with Gasteiger partial charge in [-0.1, -0.05) is 29.3 Å². The maximum atomic E-state index is 13.8. The van der Waals surface area contributed by atoms with E-state index in [1.807, 2.05) is 0 Å². The van der Waals surface area contributed by atoms with Gasteiger partial charge in [0.2, 0.25) is 0 Å². The average molecular weight is 299 g/mol. The van der Waals surface area contributed by atoms with E-state index in [-0.39, 0.29) is 5.82 Å². The van der Waals surface area contributed by atoms with E-state index >= 15 is 0 Å². The normalized spacial score (nSPS) is 11.1. The molecule has 0 radical (unpaired) electrons. The van der Waals surface area contributed by atoms with Crippen LogP contribution in [0.4, 0.5) is 4.39 Å². The molecule has 2 nitrogen and oxygen atoms in total. The van der Waals surface area contributed by atoms with Crippen molar-refractivity contribution in [3.8, 4) is 10.6 Å². The van der Waals surface area contributed by atoms with Crippen molar-refractivity contribution in [3.05, 3.63) is 46.5 Å². The molecule has 0 bridgehead atoms. The Morgan fingerprint density at radius 1 is 1.22 bits per heavy atom. The number of aromatic nitrogens is 2. The number of nitrogens with zero attached hydrogens (tertiary/aromatic N) is 2. The summed E-state index contributed by atoms with van der Waals surface area (Å²) in [7, 11) is 0. The number of rotatable bonds is 1. The smallest absolute Gasteiger partial charge is 0.134 e. The summed E-state index contributed by atoms with van der Waals surface area (Å²) in [5, 5.41) is 1.23. The van der Waals surface area contributed by atoms with E-state index in [0.717, 1.165) is 4.70 Å². The summed E-state index contributed by atoms with van der Waals surface area (Å²) in [5.74, 6) is -0.388. The third-order valence-electron chi connectivity index (χ3n) is 2.42. The fourth-order valence-corrected chi connectivity index (χ4v) is 3.06. The van der Waals surface area contributed by atoms with Crippen molar-refractivity contribution in [1.29, 1.82) is 0 Å². The summed E-state index contributed by atoms with van der Waals surface area (Å²) in [5.41, 5.74) is 1.01. The van der Waals surface area contributed by atoms with Gasteiger partial charge in [0, 0.05) is 12.3 Å². The molecule has 0 aliphatic rings. The maximum Gasteiger partial charge on any atom is 0.134 e. The fourth-order valence-electron chi connectivity index (χ4n) is 1.62. The van der Waals surface area contributed by atoms with Gasteiger partial charge in [-0.3, -0.25) is 0 Å². The number of hydrogen-bond donors (Lipinski definition) is 0. The van der Waals surface area contributed by atoms with Crippen molar-refractivity contribution in [3.63, 3.8) is 0 Å². The molecule has 0 spiro atoms. The Morgan fingerprint density at radius 3 is 2.83 bits per heavy atom. The molecule has 0 saturated carbocycles. The maximum absolute atomic E-state index is 13.8. The molecule has 0 unspecified atom stereocenters. The van der Waals surface area contributed by atoms with Crippen LogP contribution in [0.15, 0.2) is 30.5 Å². The van der Waals surface area contributed by atoms with Crippen LogP contribution in [0.1, 0.15) is 0 Å². The van der Waals surface area contributed by atoms with Gasteiger partial charge in [-0.05, 0) is 12.1 Å². The van der Waals surface area contributed by atoms with Crippen molar-refractivity contribution in [2.45, 2.75) is 0 Å². The van der Waals surface area contributed by atoms with Crippen LogP contribution in [0.3, 0.4) is 0 Å². The van der Waals surface area contributed by atoms with Crippen molar-refractivity contribution in [1.82, 2.24) is 9.97 Å². The molecule has 18 heavy (non-hydrogen) atoms. The first-order chi connectivity index (χ1) is 8.65. The van der Waals surface area contributed by atoms with Gasteiger partial charge in [-0.15, -0.1) is 11.3 Å². The first-order valence-electron chi connectivity index (χ1n) is 5.01. The van der Waals surface area contributed by atoms with E-state index in [2.05, 4.69) is 9.97 Å².